The number of carbonyl (C=O) groups excluding carboxylic acids is 1. The van der Waals surface area contributed by atoms with Crippen molar-refractivity contribution in [1.82, 2.24) is 10.6 Å². The van der Waals surface area contributed by atoms with Gasteiger partial charge in [-0.1, -0.05) is 23.7 Å². The van der Waals surface area contributed by atoms with E-state index < -0.39 is 0 Å². The third kappa shape index (κ3) is 4.19. The Kier molecular flexibility index (Phi) is 5.35. The van der Waals surface area contributed by atoms with Crippen LogP contribution in [0.15, 0.2) is 29.2 Å². The second kappa shape index (κ2) is 7.02. The molecular weight excluding hydrogens is 268 g/mol. The van der Waals surface area contributed by atoms with Gasteiger partial charge in [-0.2, -0.15) is 0 Å². The molecule has 98 valence electrons. The number of amides is 1. The molecule has 1 aliphatic rings. The quantitative estimate of drug-likeness (QED) is 0.815. The maximum atomic E-state index is 11.7. The van der Waals surface area contributed by atoms with Gasteiger partial charge < -0.3 is 10.6 Å². The second-order valence-corrected chi connectivity index (χ2v) is 5.83. The van der Waals surface area contributed by atoms with Crippen molar-refractivity contribution in [3.63, 3.8) is 0 Å². The van der Waals surface area contributed by atoms with Crippen LogP contribution in [0.25, 0.3) is 0 Å². The highest BCUT2D eigenvalue weighted by molar-refractivity contribution is 7.99. The van der Waals surface area contributed by atoms with E-state index in [1.165, 1.54) is 0 Å². The van der Waals surface area contributed by atoms with Crippen molar-refractivity contribution in [3.8, 4) is 0 Å². The van der Waals surface area contributed by atoms with E-state index in [2.05, 4.69) is 10.6 Å². The number of benzene rings is 1. The van der Waals surface area contributed by atoms with Gasteiger partial charge >= 0.3 is 0 Å². The van der Waals surface area contributed by atoms with E-state index >= 15 is 0 Å². The third-order valence-electron chi connectivity index (χ3n) is 2.85. The molecule has 18 heavy (non-hydrogen) atoms. The molecule has 1 aromatic carbocycles. The number of halogens is 1. The van der Waals surface area contributed by atoms with Crippen molar-refractivity contribution in [2.24, 2.45) is 0 Å². The van der Waals surface area contributed by atoms with E-state index in [4.69, 9.17) is 11.6 Å². The molecule has 1 aliphatic heterocycles. The minimum absolute atomic E-state index is 0.128. The smallest absolute Gasteiger partial charge is 0.221 e. The average Bonchev–Trinajstić information content (AvgIpc) is 2.84. The van der Waals surface area contributed by atoms with Crippen molar-refractivity contribution in [3.05, 3.63) is 29.3 Å². The van der Waals surface area contributed by atoms with Gasteiger partial charge in [-0.15, -0.1) is 11.8 Å². The highest BCUT2D eigenvalue weighted by Crippen LogP contribution is 2.26. The topological polar surface area (TPSA) is 41.1 Å². The van der Waals surface area contributed by atoms with Gasteiger partial charge in [-0.25, -0.2) is 0 Å². The first-order valence-electron chi connectivity index (χ1n) is 6.13. The molecular formula is C13H17ClN2OS. The molecule has 1 atom stereocenters. The fourth-order valence-corrected chi connectivity index (χ4v) is 3.08. The molecule has 0 radical (unpaired) electrons. The predicted molar refractivity (Wildman–Crippen MR) is 76.2 cm³/mol. The molecule has 0 aromatic heterocycles. The van der Waals surface area contributed by atoms with Crippen LogP contribution in [0.4, 0.5) is 0 Å². The second-order valence-electron chi connectivity index (χ2n) is 4.29. The first-order valence-corrected chi connectivity index (χ1v) is 7.49. The van der Waals surface area contributed by atoms with Crippen LogP contribution in [0, 0.1) is 0 Å². The van der Waals surface area contributed by atoms with Crippen molar-refractivity contribution >= 4 is 29.3 Å². The number of carbonyl (C=O) groups is 1. The molecule has 0 saturated carbocycles. The van der Waals surface area contributed by atoms with E-state index in [0.717, 1.165) is 35.2 Å². The van der Waals surface area contributed by atoms with E-state index in [1.807, 2.05) is 24.3 Å². The molecule has 1 saturated heterocycles. The highest BCUT2D eigenvalue weighted by atomic mass is 35.5. The SMILES string of the molecule is O=C(CCSc1ccccc1Cl)NC1CCNC1. The summed E-state index contributed by atoms with van der Waals surface area (Å²) in [6, 6.07) is 8.02. The van der Waals surface area contributed by atoms with Crippen LogP contribution in [0.3, 0.4) is 0 Å². The first-order chi connectivity index (χ1) is 8.75. The fourth-order valence-electron chi connectivity index (χ4n) is 1.89. The van der Waals surface area contributed by atoms with Gasteiger partial charge in [0.1, 0.15) is 0 Å². The van der Waals surface area contributed by atoms with Crippen LogP contribution in [-0.4, -0.2) is 30.8 Å². The molecule has 1 unspecified atom stereocenters. The molecule has 0 aliphatic carbocycles. The van der Waals surface area contributed by atoms with Crippen LogP contribution in [-0.2, 0) is 4.79 Å². The van der Waals surface area contributed by atoms with Gasteiger partial charge in [0.05, 0.1) is 5.02 Å². The van der Waals surface area contributed by atoms with Crippen molar-refractivity contribution < 1.29 is 4.79 Å². The lowest BCUT2D eigenvalue weighted by atomic mass is 10.2. The maximum absolute atomic E-state index is 11.7. The molecule has 0 spiro atoms. The van der Waals surface area contributed by atoms with Crippen molar-refractivity contribution in [2.75, 3.05) is 18.8 Å². The Balaban J connectivity index is 1.68. The Hall–Kier alpha value is -0.710. The Morgan fingerprint density at radius 2 is 2.33 bits per heavy atom. The van der Waals surface area contributed by atoms with Crippen LogP contribution in [0.1, 0.15) is 12.8 Å². The largest absolute Gasteiger partial charge is 0.352 e. The van der Waals surface area contributed by atoms with E-state index in [-0.39, 0.29) is 5.91 Å². The lowest BCUT2D eigenvalue weighted by Gasteiger charge is -2.11. The van der Waals surface area contributed by atoms with Crippen LogP contribution < -0.4 is 10.6 Å². The lowest BCUT2D eigenvalue weighted by molar-refractivity contribution is -0.121. The summed E-state index contributed by atoms with van der Waals surface area (Å²) in [5, 5.41) is 7.01. The molecule has 1 fully saturated rings. The Labute approximate surface area is 117 Å². The fraction of sp³-hybridized carbons (Fsp3) is 0.462. The summed E-state index contributed by atoms with van der Waals surface area (Å²) in [7, 11) is 0. The summed E-state index contributed by atoms with van der Waals surface area (Å²) >= 11 is 7.67. The molecule has 2 rings (SSSR count). The van der Waals surface area contributed by atoms with Crippen LogP contribution in [0.5, 0.6) is 0 Å². The predicted octanol–water partition coefficient (Wildman–Crippen LogP) is 2.30. The zero-order valence-electron chi connectivity index (χ0n) is 10.1. The normalized spacial score (nSPS) is 18.8. The molecule has 3 nitrogen and oxygen atoms in total. The third-order valence-corrected chi connectivity index (χ3v) is 4.37. The Bertz CT molecular complexity index is 408. The Morgan fingerprint density at radius 3 is 3.06 bits per heavy atom. The van der Waals surface area contributed by atoms with Crippen molar-refractivity contribution in [1.29, 1.82) is 0 Å². The summed E-state index contributed by atoms with van der Waals surface area (Å²) in [6.45, 7) is 1.89. The monoisotopic (exact) mass is 284 g/mol. The molecule has 2 N–H and O–H groups in total. The maximum Gasteiger partial charge on any atom is 0.221 e. The number of nitrogens with one attached hydrogen (secondary N) is 2. The molecule has 1 heterocycles. The van der Waals surface area contributed by atoms with Gasteiger partial charge in [0.15, 0.2) is 0 Å². The van der Waals surface area contributed by atoms with Crippen LogP contribution >= 0.6 is 23.4 Å². The number of thioether (sulfide) groups is 1. The van der Waals surface area contributed by atoms with Gasteiger partial charge in [0, 0.05) is 29.7 Å². The average molecular weight is 285 g/mol. The van der Waals surface area contributed by atoms with E-state index in [0.29, 0.717) is 12.5 Å². The minimum atomic E-state index is 0.128. The van der Waals surface area contributed by atoms with Gasteiger partial charge in [-0.3, -0.25) is 4.79 Å². The first kappa shape index (κ1) is 13.7. The minimum Gasteiger partial charge on any atom is -0.352 e. The summed E-state index contributed by atoms with van der Waals surface area (Å²) in [6.07, 6.45) is 1.57. The van der Waals surface area contributed by atoms with Gasteiger partial charge in [-0.05, 0) is 25.1 Å². The van der Waals surface area contributed by atoms with Crippen molar-refractivity contribution in [2.45, 2.75) is 23.8 Å². The standard InChI is InChI=1S/C13H17ClN2OS/c14-11-3-1-2-4-12(11)18-8-6-13(17)16-10-5-7-15-9-10/h1-4,10,15H,5-9H2,(H,16,17). The lowest BCUT2D eigenvalue weighted by Crippen LogP contribution is -2.36. The Morgan fingerprint density at radius 1 is 1.50 bits per heavy atom. The molecule has 5 heteroatoms. The number of hydrogen-bond donors (Lipinski definition) is 2. The molecule has 1 amide bonds. The zero-order valence-corrected chi connectivity index (χ0v) is 11.7. The number of rotatable bonds is 5. The molecule has 0 bridgehead atoms. The van der Waals surface area contributed by atoms with Gasteiger partial charge in [0.25, 0.3) is 0 Å². The zero-order chi connectivity index (χ0) is 12.8. The van der Waals surface area contributed by atoms with E-state index in [9.17, 15) is 4.79 Å². The highest BCUT2D eigenvalue weighted by Gasteiger charge is 2.16. The van der Waals surface area contributed by atoms with E-state index in [1.54, 1.807) is 11.8 Å². The summed E-state index contributed by atoms with van der Waals surface area (Å²) < 4.78 is 0. The number of hydrogen-bond acceptors (Lipinski definition) is 3. The van der Waals surface area contributed by atoms with Gasteiger partial charge in [0.2, 0.25) is 5.91 Å². The summed E-state index contributed by atoms with van der Waals surface area (Å²) in [5.74, 6) is 0.888. The summed E-state index contributed by atoms with van der Waals surface area (Å²) in [4.78, 5) is 12.7. The van der Waals surface area contributed by atoms with Crippen LogP contribution in [0.2, 0.25) is 5.02 Å². The molecule has 1 aromatic rings. The summed E-state index contributed by atoms with van der Waals surface area (Å²) in [5.41, 5.74) is 0.